The van der Waals surface area contributed by atoms with Crippen molar-refractivity contribution >= 4 is 56.3 Å². The third-order valence-electron chi connectivity index (χ3n) is 24.3. The summed E-state index contributed by atoms with van der Waals surface area (Å²) >= 11 is 0. The minimum absolute atomic E-state index is 0.0666. The number of phosphoric ester groups is 1. The van der Waals surface area contributed by atoms with Gasteiger partial charge in [0.15, 0.2) is 0 Å². The van der Waals surface area contributed by atoms with Crippen molar-refractivity contribution in [2.24, 2.45) is 17.8 Å². The topological polar surface area (TPSA) is 44.8 Å². The van der Waals surface area contributed by atoms with Gasteiger partial charge in [-0.15, -0.1) is 0 Å². The number of phosphoric acid groups is 1. The van der Waals surface area contributed by atoms with Gasteiger partial charge in [-0.3, -0.25) is 13.6 Å². The second-order valence-corrected chi connectivity index (χ2v) is 72.8. The molecule has 0 radical (unpaired) electrons. The van der Waals surface area contributed by atoms with E-state index in [0.717, 1.165) is 57.8 Å². The zero-order chi connectivity index (χ0) is 61.6. The maximum Gasteiger partial charge on any atom is 0.474 e. The quantitative estimate of drug-likeness (QED) is 0.0373. The summed E-state index contributed by atoms with van der Waals surface area (Å²) in [5, 5.41) is -0.400. The molecule has 0 N–H and O–H groups in total. The molecule has 0 amide bonds. The highest BCUT2D eigenvalue weighted by molar-refractivity contribution is 7.49. The Bertz CT molecular complexity index is 1500. The van der Waals surface area contributed by atoms with Gasteiger partial charge in [0, 0.05) is 0 Å². The van der Waals surface area contributed by atoms with Crippen molar-refractivity contribution in [3.63, 3.8) is 0 Å². The SMILES string of the molecule is CC(C)CCCCCCC(OP(=O)(OC(CCCCCCC(C)C)([Si](C)(C)C(C)(C)C)[Si](C)(C)C(C)(C)C)OC(CCCCCCC(C)C)([Si](C)(C)C(C)(C)C)[Si](C)(C)C(C)(C)C)([Si](C)(C)C(C)(C)C)[Si](C)(C)C(C)(C)C. The van der Waals surface area contributed by atoms with Gasteiger partial charge < -0.3 is 0 Å². The molecule has 0 aliphatic carbocycles. The fourth-order valence-electron chi connectivity index (χ4n) is 13.1. The summed E-state index contributed by atoms with van der Waals surface area (Å²) in [7, 11) is -20.5. The highest BCUT2D eigenvalue weighted by Crippen LogP contribution is 2.73. The highest BCUT2D eigenvalue weighted by Gasteiger charge is 2.74. The van der Waals surface area contributed by atoms with E-state index in [2.05, 4.69) is 245 Å². The fraction of sp³-hybridized carbons (Fsp3) is 1.00. The van der Waals surface area contributed by atoms with Crippen LogP contribution in [0.4, 0.5) is 0 Å². The lowest BCUT2D eigenvalue weighted by atomic mass is 10.0. The lowest BCUT2D eigenvalue weighted by molar-refractivity contribution is 0.0234. The van der Waals surface area contributed by atoms with Crippen LogP contribution >= 0.6 is 7.82 Å². The predicted octanol–water partition coefficient (Wildman–Crippen LogP) is 25.6. The molecule has 0 unspecified atom stereocenters. The minimum atomic E-state index is -4.59. The van der Waals surface area contributed by atoms with Crippen molar-refractivity contribution in [2.75, 3.05) is 0 Å². The zero-order valence-corrected chi connectivity index (χ0v) is 66.9. The molecule has 0 rings (SSSR count). The number of rotatable bonds is 33. The van der Waals surface area contributed by atoms with Gasteiger partial charge in [0.05, 0.1) is 63.0 Å². The summed E-state index contributed by atoms with van der Waals surface area (Å²) in [4.78, 5) is -1.97. The van der Waals surface area contributed by atoms with Crippen LogP contribution in [0, 0.1) is 17.8 Å². The van der Waals surface area contributed by atoms with Gasteiger partial charge in [-0.25, -0.2) is 4.57 Å². The van der Waals surface area contributed by atoms with Crippen LogP contribution in [-0.2, 0) is 18.1 Å². The van der Waals surface area contributed by atoms with Crippen LogP contribution in [0.15, 0.2) is 0 Å². The minimum Gasteiger partial charge on any atom is -0.287 e. The lowest BCUT2D eigenvalue weighted by Crippen LogP contribution is -2.78. The van der Waals surface area contributed by atoms with Crippen LogP contribution in [0.3, 0.4) is 0 Å². The molecule has 0 aliphatic rings. The van der Waals surface area contributed by atoms with Crippen LogP contribution in [-0.4, -0.2) is 63.0 Å². The van der Waals surface area contributed by atoms with Crippen molar-refractivity contribution in [1.29, 1.82) is 0 Å². The Kier molecular flexibility index (Phi) is 28.4. The van der Waals surface area contributed by atoms with E-state index in [1.54, 1.807) is 0 Å². The summed E-state index contributed by atoms with van der Waals surface area (Å²) in [5.41, 5.74) is 0. The van der Waals surface area contributed by atoms with Crippen molar-refractivity contribution in [3.05, 3.63) is 0 Å². The fourth-order valence-corrected chi connectivity index (χ4v) is 59.7. The van der Waals surface area contributed by atoms with Crippen molar-refractivity contribution < 1.29 is 18.1 Å². The third kappa shape index (κ3) is 17.8. The van der Waals surface area contributed by atoms with Gasteiger partial charge in [0.25, 0.3) is 0 Å². The smallest absolute Gasteiger partial charge is 0.287 e. The second kappa shape index (κ2) is 27.8. The van der Waals surface area contributed by atoms with E-state index in [1.807, 2.05) is 0 Å². The van der Waals surface area contributed by atoms with E-state index in [0.29, 0.717) is 17.8 Å². The first kappa shape index (κ1) is 78.4. The molecule has 0 fully saturated rings. The first-order valence-corrected chi connectivity index (χ1v) is 52.1. The summed E-state index contributed by atoms with van der Waals surface area (Å²) in [6.45, 7) is 91.0. The zero-order valence-electron chi connectivity index (χ0n) is 60.0. The van der Waals surface area contributed by atoms with Gasteiger partial charge in [-0.05, 0) is 67.2 Å². The normalized spacial score (nSPS) is 15.7. The average molecular weight is 1200 g/mol. The molecule has 464 valence electrons. The van der Waals surface area contributed by atoms with E-state index >= 15 is 4.57 Å². The Labute approximate surface area is 494 Å². The van der Waals surface area contributed by atoms with Gasteiger partial charge >= 0.3 is 7.82 Å². The molecule has 0 aromatic rings. The molecule has 4 nitrogen and oxygen atoms in total. The third-order valence-corrected chi connectivity index (χ3v) is 74.9. The maximum atomic E-state index is 19.2. The lowest BCUT2D eigenvalue weighted by Gasteiger charge is -2.66. The summed E-state index contributed by atoms with van der Waals surface area (Å²) in [6.07, 6.45) is 20.7. The Balaban J connectivity index is 10.2. The molecule has 0 aromatic carbocycles. The summed E-state index contributed by atoms with van der Waals surface area (Å²) in [6, 6.07) is 0. The first-order valence-electron chi connectivity index (χ1n) is 32.6. The van der Waals surface area contributed by atoms with E-state index in [9.17, 15) is 0 Å². The van der Waals surface area contributed by atoms with Gasteiger partial charge in [0.1, 0.15) is 0 Å². The molecule has 0 aromatic heterocycles. The van der Waals surface area contributed by atoms with Gasteiger partial charge in [-0.1, -0.05) is 341 Å². The highest BCUT2D eigenvalue weighted by atomic mass is 31.2. The van der Waals surface area contributed by atoms with Crippen LogP contribution in [0.25, 0.3) is 0 Å². The van der Waals surface area contributed by atoms with E-state index in [1.165, 1.54) is 57.8 Å². The Morgan fingerprint density at radius 1 is 0.273 bits per heavy atom. The van der Waals surface area contributed by atoms with Crippen LogP contribution in [0.1, 0.15) is 282 Å². The first-order chi connectivity index (χ1) is 33.9. The molecule has 0 saturated heterocycles. The average Bonchev–Trinajstić information content (AvgIpc) is 3.19. The molecule has 77 heavy (non-hydrogen) atoms. The van der Waals surface area contributed by atoms with Crippen LogP contribution < -0.4 is 0 Å². The Morgan fingerprint density at radius 3 is 0.545 bits per heavy atom. The molecule has 0 aliphatic heterocycles. The largest absolute Gasteiger partial charge is 0.474 e. The second-order valence-electron chi connectivity index (χ2n) is 36.5. The van der Waals surface area contributed by atoms with Crippen molar-refractivity contribution in [3.8, 4) is 0 Å². The molecule has 0 bridgehead atoms. The number of hydrogen-bond donors (Lipinski definition) is 0. The predicted molar refractivity (Wildman–Crippen MR) is 370 cm³/mol. The van der Waals surface area contributed by atoms with Crippen molar-refractivity contribution in [2.45, 2.75) is 405 Å². The summed E-state index contributed by atoms with van der Waals surface area (Å²) < 4.78 is 45.8. The van der Waals surface area contributed by atoms with E-state index < -0.39 is 70.8 Å². The van der Waals surface area contributed by atoms with Gasteiger partial charge in [-0.2, -0.15) is 0 Å². The molecule has 0 saturated carbocycles. The Hall–Kier alpha value is 1.41. The van der Waals surface area contributed by atoms with E-state index in [4.69, 9.17) is 13.6 Å². The molecule has 11 heteroatoms. The monoisotopic (exact) mass is 1200 g/mol. The van der Waals surface area contributed by atoms with E-state index in [-0.39, 0.29) is 30.2 Å². The van der Waals surface area contributed by atoms with Gasteiger partial charge in [0.2, 0.25) is 0 Å². The number of hydrogen-bond acceptors (Lipinski definition) is 4. The molecule has 0 atom stereocenters. The molecular weight excluding hydrogens is 1060 g/mol. The summed E-state index contributed by atoms with van der Waals surface area (Å²) in [5.74, 6) is 2.13. The molecule has 0 spiro atoms. The standard InChI is InChI=1S/C66H147O4PSi6/c1-55(2)49-43-37-40-46-52-64(72(25,26)58(7,8)9,73(27,28)59(10,11)12)68-71(67,69-65(74(29,30)60(13,14)15,75(31,32)61(16,17)18)53-47-41-38-44-50-56(3)4)70-66(76(33,34)62(19,20)21,77(35,36)63(22,23)24)54-48-42-39-45-51-57(5)6/h55-57H,37-54H2,1-36H3. The molecular formula is C66H147O4PSi6. The van der Waals surface area contributed by atoms with Crippen LogP contribution in [0.2, 0.25) is 109 Å². The van der Waals surface area contributed by atoms with Crippen LogP contribution in [0.5, 0.6) is 0 Å². The molecule has 0 heterocycles. The number of unbranched alkanes of at least 4 members (excludes halogenated alkanes) is 9. The maximum absolute atomic E-state index is 19.2. The Morgan fingerprint density at radius 2 is 0.416 bits per heavy atom. The van der Waals surface area contributed by atoms with Crippen molar-refractivity contribution in [1.82, 2.24) is 0 Å².